The third-order valence-electron chi connectivity index (χ3n) is 4.34. The van der Waals surface area contributed by atoms with Crippen molar-refractivity contribution in [1.29, 1.82) is 0 Å². The summed E-state index contributed by atoms with van der Waals surface area (Å²) in [7, 11) is 0. The lowest BCUT2D eigenvalue weighted by Crippen LogP contribution is -2.43. The van der Waals surface area contributed by atoms with E-state index in [4.69, 9.17) is 4.74 Å². The standard InChI is InChI=1S/C18H21N5O/c1-2-4-16-15(3-1)14(11-21-16)5-10-24-18-13-20-12-17(22-18)23-8-6-19-7-9-23/h1-4,11-13,19,21H,5-10H2. The van der Waals surface area contributed by atoms with Crippen molar-refractivity contribution in [2.24, 2.45) is 0 Å². The number of hydrogen-bond acceptors (Lipinski definition) is 5. The van der Waals surface area contributed by atoms with Crippen LogP contribution >= 0.6 is 0 Å². The Morgan fingerprint density at radius 1 is 1.12 bits per heavy atom. The van der Waals surface area contributed by atoms with Crippen molar-refractivity contribution < 1.29 is 4.74 Å². The molecule has 0 saturated carbocycles. The summed E-state index contributed by atoms with van der Waals surface area (Å²) in [5, 5.41) is 4.59. The van der Waals surface area contributed by atoms with Gasteiger partial charge in [0.25, 0.3) is 0 Å². The summed E-state index contributed by atoms with van der Waals surface area (Å²) >= 11 is 0. The third kappa shape index (κ3) is 3.19. The number of fused-ring (bicyclic) bond motifs is 1. The molecule has 1 aromatic carbocycles. The van der Waals surface area contributed by atoms with Crippen LogP contribution in [0, 0.1) is 0 Å². The van der Waals surface area contributed by atoms with Crippen LogP contribution in [-0.4, -0.2) is 47.7 Å². The molecule has 1 aliphatic rings. The van der Waals surface area contributed by atoms with Crippen LogP contribution in [0.2, 0.25) is 0 Å². The van der Waals surface area contributed by atoms with Crippen molar-refractivity contribution in [3.05, 3.63) is 48.4 Å². The molecule has 6 heteroatoms. The van der Waals surface area contributed by atoms with Crippen LogP contribution in [0.3, 0.4) is 0 Å². The maximum Gasteiger partial charge on any atom is 0.234 e. The van der Waals surface area contributed by atoms with Gasteiger partial charge < -0.3 is 19.9 Å². The molecule has 2 aromatic heterocycles. The van der Waals surface area contributed by atoms with Gasteiger partial charge in [0, 0.05) is 49.7 Å². The summed E-state index contributed by atoms with van der Waals surface area (Å²) in [4.78, 5) is 14.4. The van der Waals surface area contributed by atoms with Crippen LogP contribution in [0.25, 0.3) is 10.9 Å². The fourth-order valence-electron chi connectivity index (χ4n) is 3.06. The summed E-state index contributed by atoms with van der Waals surface area (Å²) in [6, 6.07) is 8.31. The Balaban J connectivity index is 1.39. The molecule has 24 heavy (non-hydrogen) atoms. The number of rotatable bonds is 5. The number of hydrogen-bond donors (Lipinski definition) is 2. The van der Waals surface area contributed by atoms with E-state index in [-0.39, 0.29) is 0 Å². The van der Waals surface area contributed by atoms with Crippen LogP contribution in [0.15, 0.2) is 42.9 Å². The van der Waals surface area contributed by atoms with Gasteiger partial charge in [-0.25, -0.2) is 0 Å². The lowest BCUT2D eigenvalue weighted by Gasteiger charge is -2.28. The summed E-state index contributed by atoms with van der Waals surface area (Å²) in [5.41, 5.74) is 2.42. The first-order valence-electron chi connectivity index (χ1n) is 8.36. The van der Waals surface area contributed by atoms with E-state index in [2.05, 4.69) is 49.6 Å². The van der Waals surface area contributed by atoms with E-state index in [0.29, 0.717) is 12.5 Å². The number of aromatic nitrogens is 3. The molecule has 3 heterocycles. The molecule has 4 rings (SSSR count). The molecule has 3 aromatic rings. The van der Waals surface area contributed by atoms with E-state index in [0.717, 1.165) is 43.9 Å². The molecular weight excluding hydrogens is 302 g/mol. The Labute approximate surface area is 140 Å². The quantitative estimate of drug-likeness (QED) is 0.752. The van der Waals surface area contributed by atoms with Gasteiger partial charge in [-0.15, -0.1) is 0 Å². The zero-order valence-electron chi connectivity index (χ0n) is 13.5. The Morgan fingerprint density at radius 3 is 2.92 bits per heavy atom. The number of piperazine rings is 1. The zero-order valence-corrected chi connectivity index (χ0v) is 13.5. The number of anilines is 1. The predicted octanol–water partition coefficient (Wildman–Crippen LogP) is 1.99. The summed E-state index contributed by atoms with van der Waals surface area (Å²) in [6.07, 6.45) is 6.37. The van der Waals surface area contributed by atoms with Crippen molar-refractivity contribution in [2.45, 2.75) is 6.42 Å². The molecule has 6 nitrogen and oxygen atoms in total. The smallest absolute Gasteiger partial charge is 0.234 e. The average Bonchev–Trinajstić information content (AvgIpc) is 3.06. The molecular formula is C18H21N5O. The minimum atomic E-state index is 0.585. The second-order valence-corrected chi connectivity index (χ2v) is 5.91. The first-order chi connectivity index (χ1) is 11.9. The van der Waals surface area contributed by atoms with Gasteiger partial charge in [0.2, 0.25) is 5.88 Å². The molecule has 0 amide bonds. The molecule has 0 radical (unpaired) electrons. The fourth-order valence-corrected chi connectivity index (χ4v) is 3.06. The Hall–Kier alpha value is -2.60. The number of nitrogens with one attached hydrogen (secondary N) is 2. The molecule has 0 spiro atoms. The van der Waals surface area contributed by atoms with Crippen molar-refractivity contribution in [3.8, 4) is 5.88 Å². The normalized spacial score (nSPS) is 14.9. The van der Waals surface area contributed by atoms with Gasteiger partial charge in [-0.1, -0.05) is 18.2 Å². The fraction of sp³-hybridized carbons (Fsp3) is 0.333. The Kier molecular flexibility index (Phi) is 4.29. The van der Waals surface area contributed by atoms with Gasteiger partial charge in [-0.3, -0.25) is 4.98 Å². The predicted molar refractivity (Wildman–Crippen MR) is 94.6 cm³/mol. The topological polar surface area (TPSA) is 66.1 Å². The van der Waals surface area contributed by atoms with Crippen LogP contribution in [0.4, 0.5) is 5.82 Å². The van der Waals surface area contributed by atoms with E-state index in [1.54, 1.807) is 12.4 Å². The van der Waals surface area contributed by atoms with E-state index < -0.39 is 0 Å². The van der Waals surface area contributed by atoms with E-state index in [9.17, 15) is 0 Å². The molecule has 1 fully saturated rings. The second-order valence-electron chi connectivity index (χ2n) is 5.91. The van der Waals surface area contributed by atoms with Crippen molar-refractivity contribution in [3.63, 3.8) is 0 Å². The first kappa shape index (κ1) is 15.0. The van der Waals surface area contributed by atoms with Crippen molar-refractivity contribution >= 4 is 16.7 Å². The molecule has 124 valence electrons. The maximum atomic E-state index is 5.83. The largest absolute Gasteiger partial charge is 0.476 e. The maximum absolute atomic E-state index is 5.83. The minimum Gasteiger partial charge on any atom is -0.476 e. The molecule has 1 saturated heterocycles. The monoisotopic (exact) mass is 323 g/mol. The Bertz CT molecular complexity index is 810. The number of benzene rings is 1. The number of nitrogens with zero attached hydrogens (tertiary/aromatic N) is 3. The molecule has 2 N–H and O–H groups in total. The molecule has 0 atom stereocenters. The van der Waals surface area contributed by atoms with Gasteiger partial charge in [0.1, 0.15) is 0 Å². The highest BCUT2D eigenvalue weighted by Crippen LogP contribution is 2.19. The number of H-pyrrole nitrogens is 1. The highest BCUT2D eigenvalue weighted by molar-refractivity contribution is 5.83. The number of ether oxygens (including phenoxy) is 1. The highest BCUT2D eigenvalue weighted by atomic mass is 16.5. The summed E-state index contributed by atoms with van der Waals surface area (Å²) < 4.78 is 5.83. The van der Waals surface area contributed by atoms with Gasteiger partial charge in [0.05, 0.1) is 19.0 Å². The molecule has 0 unspecified atom stereocenters. The number of aromatic amines is 1. The van der Waals surface area contributed by atoms with E-state index in [1.807, 2.05) is 6.07 Å². The van der Waals surface area contributed by atoms with Gasteiger partial charge in [0.15, 0.2) is 5.82 Å². The van der Waals surface area contributed by atoms with Crippen molar-refractivity contribution in [2.75, 3.05) is 37.7 Å². The SMILES string of the molecule is c1ccc2c(CCOc3cncc(N4CCNCC4)n3)c[nH]c2c1. The number of para-hydroxylation sites is 1. The van der Waals surface area contributed by atoms with Crippen LogP contribution in [0.1, 0.15) is 5.56 Å². The minimum absolute atomic E-state index is 0.585. The summed E-state index contributed by atoms with van der Waals surface area (Å²) in [6.45, 7) is 4.45. The lowest BCUT2D eigenvalue weighted by atomic mass is 10.1. The van der Waals surface area contributed by atoms with Gasteiger partial charge in [-0.05, 0) is 11.6 Å². The molecule has 1 aliphatic heterocycles. The van der Waals surface area contributed by atoms with Gasteiger partial charge >= 0.3 is 0 Å². The average molecular weight is 323 g/mol. The second kappa shape index (κ2) is 6.88. The van der Waals surface area contributed by atoms with Crippen LogP contribution < -0.4 is 15.0 Å². The lowest BCUT2D eigenvalue weighted by molar-refractivity contribution is 0.308. The van der Waals surface area contributed by atoms with Crippen LogP contribution in [0.5, 0.6) is 5.88 Å². The zero-order chi connectivity index (χ0) is 16.2. The molecule has 0 bridgehead atoms. The van der Waals surface area contributed by atoms with Crippen molar-refractivity contribution in [1.82, 2.24) is 20.3 Å². The first-order valence-corrected chi connectivity index (χ1v) is 8.36. The van der Waals surface area contributed by atoms with E-state index in [1.165, 1.54) is 10.9 Å². The third-order valence-corrected chi connectivity index (χ3v) is 4.34. The van der Waals surface area contributed by atoms with Gasteiger partial charge in [-0.2, -0.15) is 4.98 Å². The molecule has 0 aliphatic carbocycles. The Morgan fingerprint density at radius 2 is 2.00 bits per heavy atom. The van der Waals surface area contributed by atoms with E-state index >= 15 is 0 Å². The highest BCUT2D eigenvalue weighted by Gasteiger charge is 2.12. The summed E-state index contributed by atoms with van der Waals surface area (Å²) in [5.74, 6) is 1.48. The van der Waals surface area contributed by atoms with Crippen LogP contribution in [-0.2, 0) is 6.42 Å².